The third-order valence-corrected chi connectivity index (χ3v) is 4.80. The van der Waals surface area contributed by atoms with Crippen molar-refractivity contribution in [1.82, 2.24) is 5.43 Å². The first kappa shape index (κ1) is 14.5. The zero-order valence-electron chi connectivity index (χ0n) is 12.6. The molecule has 2 rings (SSSR count). The normalized spacial score (nSPS) is 31.1. The van der Waals surface area contributed by atoms with Gasteiger partial charge in [-0.2, -0.15) is 5.10 Å². The maximum absolute atomic E-state index is 12.0. The minimum atomic E-state index is 0.144. The van der Waals surface area contributed by atoms with Gasteiger partial charge in [-0.05, 0) is 43.9 Å². The quantitative estimate of drug-likeness (QED) is 0.775. The minimum absolute atomic E-state index is 0.144. The second-order valence-corrected chi connectivity index (χ2v) is 6.80. The van der Waals surface area contributed by atoms with Crippen molar-refractivity contribution in [3.05, 3.63) is 0 Å². The Morgan fingerprint density at radius 1 is 1.21 bits per heavy atom. The number of nitrogens with one attached hydrogen (secondary N) is 1. The first-order valence-electron chi connectivity index (χ1n) is 7.94. The fraction of sp³-hybridized carbons (Fsp3) is 0.875. The molecule has 3 heteroatoms. The molecule has 2 atom stereocenters. The average molecular weight is 264 g/mol. The standard InChI is InChI=1S/C16H28N2O/c1-11(2)14-9-8-12(3)10-15(14)17-18-16(19)13-6-4-5-7-13/h11-14H,4-10H2,1-3H3,(H,18,19). The molecule has 0 spiro atoms. The lowest BCUT2D eigenvalue weighted by molar-refractivity contribution is -0.124. The zero-order valence-corrected chi connectivity index (χ0v) is 12.6. The summed E-state index contributed by atoms with van der Waals surface area (Å²) in [6.45, 7) is 6.80. The number of hydrogen-bond acceptors (Lipinski definition) is 2. The molecule has 2 aliphatic rings. The molecular formula is C16H28N2O. The number of amides is 1. The summed E-state index contributed by atoms with van der Waals surface area (Å²) in [4.78, 5) is 12.0. The van der Waals surface area contributed by atoms with E-state index < -0.39 is 0 Å². The van der Waals surface area contributed by atoms with E-state index in [0.29, 0.717) is 17.8 Å². The molecule has 2 fully saturated rings. The van der Waals surface area contributed by atoms with Crippen molar-refractivity contribution in [2.24, 2.45) is 28.8 Å². The van der Waals surface area contributed by atoms with Crippen LogP contribution in [-0.4, -0.2) is 11.6 Å². The molecule has 0 aromatic carbocycles. The van der Waals surface area contributed by atoms with Crippen LogP contribution in [0.3, 0.4) is 0 Å². The molecule has 0 aliphatic heterocycles. The van der Waals surface area contributed by atoms with Crippen LogP contribution in [-0.2, 0) is 4.79 Å². The largest absolute Gasteiger partial charge is 0.273 e. The van der Waals surface area contributed by atoms with Crippen LogP contribution >= 0.6 is 0 Å². The molecule has 2 aliphatic carbocycles. The Labute approximate surface area is 117 Å². The van der Waals surface area contributed by atoms with Gasteiger partial charge in [0.2, 0.25) is 5.91 Å². The fourth-order valence-corrected chi connectivity index (χ4v) is 3.49. The Hall–Kier alpha value is -0.860. The van der Waals surface area contributed by atoms with Gasteiger partial charge in [0.1, 0.15) is 0 Å². The van der Waals surface area contributed by atoms with Gasteiger partial charge in [0.05, 0.1) is 0 Å². The summed E-state index contributed by atoms with van der Waals surface area (Å²) in [5.74, 6) is 2.24. The van der Waals surface area contributed by atoms with Crippen molar-refractivity contribution in [1.29, 1.82) is 0 Å². The lowest BCUT2D eigenvalue weighted by Gasteiger charge is -2.30. The summed E-state index contributed by atoms with van der Waals surface area (Å²) >= 11 is 0. The number of hydrazone groups is 1. The van der Waals surface area contributed by atoms with Crippen molar-refractivity contribution in [2.45, 2.75) is 65.7 Å². The van der Waals surface area contributed by atoms with Crippen LogP contribution in [0.25, 0.3) is 0 Å². The molecule has 1 N–H and O–H groups in total. The number of nitrogens with zero attached hydrogens (tertiary/aromatic N) is 1. The molecular weight excluding hydrogens is 236 g/mol. The van der Waals surface area contributed by atoms with Gasteiger partial charge >= 0.3 is 0 Å². The molecule has 2 unspecified atom stereocenters. The topological polar surface area (TPSA) is 41.5 Å². The van der Waals surface area contributed by atoms with E-state index in [1.165, 1.54) is 31.4 Å². The van der Waals surface area contributed by atoms with E-state index in [2.05, 4.69) is 31.3 Å². The molecule has 2 saturated carbocycles. The van der Waals surface area contributed by atoms with Crippen LogP contribution in [0.1, 0.15) is 65.7 Å². The maximum Gasteiger partial charge on any atom is 0.243 e. The molecule has 3 nitrogen and oxygen atoms in total. The molecule has 19 heavy (non-hydrogen) atoms. The first-order chi connectivity index (χ1) is 9.08. The zero-order chi connectivity index (χ0) is 13.8. The Balaban J connectivity index is 1.96. The monoisotopic (exact) mass is 264 g/mol. The van der Waals surface area contributed by atoms with E-state index in [4.69, 9.17) is 0 Å². The second kappa shape index (κ2) is 6.53. The number of carbonyl (C=O) groups excluding carboxylic acids is 1. The van der Waals surface area contributed by atoms with Crippen LogP contribution in [0.2, 0.25) is 0 Å². The van der Waals surface area contributed by atoms with Crippen molar-refractivity contribution in [3.63, 3.8) is 0 Å². The summed E-state index contributed by atoms with van der Waals surface area (Å²) in [5, 5.41) is 4.50. The summed E-state index contributed by atoms with van der Waals surface area (Å²) < 4.78 is 0. The summed E-state index contributed by atoms with van der Waals surface area (Å²) in [5.41, 5.74) is 4.07. The van der Waals surface area contributed by atoms with E-state index in [1.807, 2.05) is 0 Å². The van der Waals surface area contributed by atoms with Crippen molar-refractivity contribution in [3.8, 4) is 0 Å². The van der Waals surface area contributed by atoms with Gasteiger partial charge in [-0.25, -0.2) is 5.43 Å². The van der Waals surface area contributed by atoms with Crippen molar-refractivity contribution >= 4 is 11.6 Å². The van der Waals surface area contributed by atoms with Crippen LogP contribution in [0.4, 0.5) is 0 Å². The van der Waals surface area contributed by atoms with Gasteiger partial charge in [0.25, 0.3) is 0 Å². The lowest BCUT2D eigenvalue weighted by Crippen LogP contribution is -2.32. The van der Waals surface area contributed by atoms with Crippen LogP contribution in [0.15, 0.2) is 5.10 Å². The molecule has 108 valence electrons. The van der Waals surface area contributed by atoms with Crippen molar-refractivity contribution in [2.75, 3.05) is 0 Å². The molecule has 0 aromatic rings. The average Bonchev–Trinajstić information content (AvgIpc) is 2.89. The number of carbonyl (C=O) groups is 1. The smallest absolute Gasteiger partial charge is 0.243 e. The Morgan fingerprint density at radius 3 is 2.53 bits per heavy atom. The van der Waals surface area contributed by atoms with Crippen LogP contribution in [0.5, 0.6) is 0 Å². The molecule has 0 heterocycles. The van der Waals surface area contributed by atoms with Gasteiger partial charge in [-0.15, -0.1) is 0 Å². The third-order valence-electron chi connectivity index (χ3n) is 4.80. The van der Waals surface area contributed by atoms with Gasteiger partial charge < -0.3 is 0 Å². The van der Waals surface area contributed by atoms with E-state index in [9.17, 15) is 4.79 Å². The Morgan fingerprint density at radius 2 is 1.89 bits per heavy atom. The minimum Gasteiger partial charge on any atom is -0.273 e. The number of hydrogen-bond donors (Lipinski definition) is 1. The van der Waals surface area contributed by atoms with E-state index in [-0.39, 0.29) is 11.8 Å². The molecule has 0 aromatic heterocycles. The molecule has 0 radical (unpaired) electrons. The van der Waals surface area contributed by atoms with Crippen LogP contribution < -0.4 is 5.43 Å². The molecule has 0 bridgehead atoms. The predicted molar refractivity (Wildman–Crippen MR) is 78.9 cm³/mol. The Bertz CT molecular complexity index is 343. The maximum atomic E-state index is 12.0. The summed E-state index contributed by atoms with van der Waals surface area (Å²) in [7, 11) is 0. The van der Waals surface area contributed by atoms with Gasteiger partial charge in [0.15, 0.2) is 0 Å². The summed E-state index contributed by atoms with van der Waals surface area (Å²) in [6.07, 6.45) is 8.03. The van der Waals surface area contributed by atoms with E-state index >= 15 is 0 Å². The third kappa shape index (κ3) is 3.80. The lowest BCUT2D eigenvalue weighted by atomic mass is 9.76. The second-order valence-electron chi connectivity index (χ2n) is 6.80. The van der Waals surface area contributed by atoms with Crippen molar-refractivity contribution < 1.29 is 4.79 Å². The highest BCUT2D eigenvalue weighted by atomic mass is 16.2. The Kier molecular flexibility index (Phi) is 5.00. The number of rotatable bonds is 3. The van der Waals surface area contributed by atoms with Gasteiger partial charge in [-0.3, -0.25) is 4.79 Å². The predicted octanol–water partition coefficient (Wildman–Crippen LogP) is 3.74. The summed E-state index contributed by atoms with van der Waals surface area (Å²) in [6, 6.07) is 0. The highest BCUT2D eigenvalue weighted by Crippen LogP contribution is 2.31. The highest BCUT2D eigenvalue weighted by Gasteiger charge is 2.28. The van der Waals surface area contributed by atoms with Gasteiger partial charge in [-0.1, -0.05) is 33.6 Å². The fourth-order valence-electron chi connectivity index (χ4n) is 3.49. The molecule has 1 amide bonds. The van der Waals surface area contributed by atoms with E-state index in [1.54, 1.807) is 0 Å². The van der Waals surface area contributed by atoms with Crippen LogP contribution in [0, 0.1) is 23.7 Å². The van der Waals surface area contributed by atoms with Gasteiger partial charge in [0, 0.05) is 17.5 Å². The molecule has 0 saturated heterocycles. The SMILES string of the molecule is CC1CCC(C(C)C)C(=NNC(=O)C2CCCC2)C1. The van der Waals surface area contributed by atoms with E-state index in [0.717, 1.165) is 19.3 Å². The highest BCUT2D eigenvalue weighted by molar-refractivity contribution is 5.89. The first-order valence-corrected chi connectivity index (χ1v) is 7.94.